The molecule has 2 atom stereocenters. The molecule has 2 fully saturated rings. The van der Waals surface area contributed by atoms with E-state index in [2.05, 4.69) is 38.0 Å². The Morgan fingerprint density at radius 1 is 1.34 bits per heavy atom. The topological polar surface area (TPSA) is 67.4 Å². The molecule has 3 rings (SSSR count). The Balaban J connectivity index is 0.00000300. The van der Waals surface area contributed by atoms with Crippen LogP contribution in [0.25, 0.3) is 0 Å². The Hall–Kier alpha value is -0.460. The molecule has 166 valence electrons. The van der Waals surface area contributed by atoms with E-state index in [-0.39, 0.29) is 24.0 Å². The third kappa shape index (κ3) is 8.66. The zero-order chi connectivity index (χ0) is 19.4. The predicted octanol–water partition coefficient (Wildman–Crippen LogP) is 2.49. The summed E-state index contributed by atoms with van der Waals surface area (Å²) in [5.74, 6) is 0.842. The molecule has 0 saturated carbocycles. The molecule has 3 heterocycles. The van der Waals surface area contributed by atoms with Crippen LogP contribution < -0.4 is 10.6 Å². The summed E-state index contributed by atoms with van der Waals surface area (Å²) in [6, 6.07) is 4.68. The lowest BCUT2D eigenvalue weighted by Gasteiger charge is -2.34. The Morgan fingerprint density at radius 2 is 2.21 bits per heavy atom. The van der Waals surface area contributed by atoms with Crippen molar-refractivity contribution in [3.63, 3.8) is 0 Å². The second kappa shape index (κ2) is 14.5. The summed E-state index contributed by atoms with van der Waals surface area (Å²) in [7, 11) is 1.82. The predicted molar refractivity (Wildman–Crippen MR) is 129 cm³/mol. The van der Waals surface area contributed by atoms with Crippen LogP contribution in [0.2, 0.25) is 0 Å². The standard InChI is InChI=1S/C20H34N4O3S.HI/c1-21-20(22-7-4-10-26-16-17-5-2-11-27-17)23-15-18(19-6-3-14-28-19)24-8-12-25-13-9-24;/h3,6,14,17-18H,2,4-5,7-13,15-16H2,1H3,(H2,21,22,23);1H. The highest BCUT2D eigenvalue weighted by Gasteiger charge is 2.23. The maximum absolute atomic E-state index is 5.72. The highest BCUT2D eigenvalue weighted by Crippen LogP contribution is 2.25. The molecule has 2 saturated heterocycles. The molecule has 0 amide bonds. The fraction of sp³-hybridized carbons (Fsp3) is 0.750. The van der Waals surface area contributed by atoms with Gasteiger partial charge in [-0.2, -0.15) is 0 Å². The maximum atomic E-state index is 5.72. The van der Waals surface area contributed by atoms with E-state index < -0.39 is 0 Å². The van der Waals surface area contributed by atoms with E-state index in [0.29, 0.717) is 12.1 Å². The van der Waals surface area contributed by atoms with Crippen molar-refractivity contribution in [2.24, 2.45) is 4.99 Å². The van der Waals surface area contributed by atoms with Crippen molar-refractivity contribution < 1.29 is 14.2 Å². The molecule has 0 spiro atoms. The minimum Gasteiger partial charge on any atom is -0.379 e. The summed E-state index contributed by atoms with van der Waals surface area (Å²) in [5.41, 5.74) is 0. The molecule has 29 heavy (non-hydrogen) atoms. The Labute approximate surface area is 195 Å². The summed E-state index contributed by atoms with van der Waals surface area (Å²) < 4.78 is 16.8. The van der Waals surface area contributed by atoms with Crippen LogP contribution in [-0.2, 0) is 14.2 Å². The number of halogens is 1. The van der Waals surface area contributed by atoms with Crippen LogP contribution in [-0.4, -0.2) is 83.2 Å². The lowest BCUT2D eigenvalue weighted by molar-refractivity contribution is 0.0167. The number of ether oxygens (including phenoxy) is 3. The molecule has 0 radical (unpaired) electrons. The average Bonchev–Trinajstić information content (AvgIpc) is 3.44. The minimum atomic E-state index is 0. The van der Waals surface area contributed by atoms with Crippen LogP contribution in [0.5, 0.6) is 0 Å². The molecule has 2 N–H and O–H groups in total. The van der Waals surface area contributed by atoms with Crippen molar-refractivity contribution in [3.8, 4) is 0 Å². The van der Waals surface area contributed by atoms with Gasteiger partial charge in [0.25, 0.3) is 0 Å². The monoisotopic (exact) mass is 538 g/mol. The average molecular weight is 538 g/mol. The summed E-state index contributed by atoms with van der Waals surface area (Å²) in [5, 5.41) is 9.03. The highest BCUT2D eigenvalue weighted by molar-refractivity contribution is 14.0. The van der Waals surface area contributed by atoms with Crippen LogP contribution >= 0.6 is 35.3 Å². The zero-order valence-electron chi connectivity index (χ0n) is 17.3. The molecule has 0 aromatic carbocycles. The second-order valence-corrected chi connectivity index (χ2v) is 8.10. The number of thiophene rings is 1. The number of rotatable bonds is 10. The molecule has 2 aliphatic heterocycles. The summed E-state index contributed by atoms with van der Waals surface area (Å²) >= 11 is 1.81. The largest absolute Gasteiger partial charge is 0.379 e. The molecule has 2 unspecified atom stereocenters. The SMILES string of the molecule is CN=C(NCCCOCC1CCCO1)NCC(c1cccs1)N1CCOCC1.I. The van der Waals surface area contributed by atoms with Crippen LogP contribution in [0.1, 0.15) is 30.2 Å². The molecule has 1 aromatic heterocycles. The molecule has 0 bridgehead atoms. The maximum Gasteiger partial charge on any atom is 0.191 e. The van der Waals surface area contributed by atoms with Crippen molar-refractivity contribution in [1.29, 1.82) is 0 Å². The van der Waals surface area contributed by atoms with Crippen molar-refractivity contribution in [3.05, 3.63) is 22.4 Å². The summed E-state index contributed by atoms with van der Waals surface area (Å²) in [6.45, 7) is 7.57. The van der Waals surface area contributed by atoms with Gasteiger partial charge >= 0.3 is 0 Å². The van der Waals surface area contributed by atoms with Gasteiger partial charge in [-0.15, -0.1) is 35.3 Å². The van der Waals surface area contributed by atoms with Crippen molar-refractivity contribution in [1.82, 2.24) is 15.5 Å². The van der Waals surface area contributed by atoms with Crippen LogP contribution in [0.15, 0.2) is 22.5 Å². The number of nitrogens with one attached hydrogen (secondary N) is 2. The van der Waals surface area contributed by atoms with E-state index in [0.717, 1.165) is 84.4 Å². The lowest BCUT2D eigenvalue weighted by atomic mass is 10.2. The number of guanidine groups is 1. The van der Waals surface area contributed by atoms with E-state index in [1.54, 1.807) is 0 Å². The van der Waals surface area contributed by atoms with Gasteiger partial charge in [0.1, 0.15) is 0 Å². The van der Waals surface area contributed by atoms with Crippen molar-refractivity contribution in [2.75, 3.05) is 66.3 Å². The zero-order valence-corrected chi connectivity index (χ0v) is 20.5. The highest BCUT2D eigenvalue weighted by atomic mass is 127. The minimum absolute atomic E-state index is 0. The van der Waals surface area contributed by atoms with E-state index >= 15 is 0 Å². The molecule has 9 heteroatoms. The van der Waals surface area contributed by atoms with Crippen molar-refractivity contribution >= 4 is 41.3 Å². The molecule has 2 aliphatic rings. The molecule has 0 aliphatic carbocycles. The lowest BCUT2D eigenvalue weighted by Crippen LogP contribution is -2.46. The van der Waals surface area contributed by atoms with Crippen molar-refractivity contribution in [2.45, 2.75) is 31.4 Å². The molecular weight excluding hydrogens is 503 g/mol. The van der Waals surface area contributed by atoms with Crippen LogP contribution in [0.4, 0.5) is 0 Å². The first-order chi connectivity index (χ1) is 13.9. The van der Waals surface area contributed by atoms with Gasteiger partial charge in [0.2, 0.25) is 0 Å². The second-order valence-electron chi connectivity index (χ2n) is 7.12. The third-order valence-electron chi connectivity index (χ3n) is 5.13. The third-order valence-corrected chi connectivity index (χ3v) is 6.10. The van der Waals surface area contributed by atoms with Crippen LogP contribution in [0, 0.1) is 0 Å². The van der Waals surface area contributed by atoms with Gasteiger partial charge in [-0.25, -0.2) is 0 Å². The normalized spacial score (nSPS) is 21.6. The van der Waals surface area contributed by atoms with E-state index in [9.17, 15) is 0 Å². The first-order valence-electron chi connectivity index (χ1n) is 10.4. The quantitative estimate of drug-likeness (QED) is 0.207. The summed E-state index contributed by atoms with van der Waals surface area (Å²) in [6.07, 6.45) is 3.54. The first kappa shape index (κ1) is 24.8. The van der Waals surface area contributed by atoms with Gasteiger partial charge in [0.05, 0.1) is 32.0 Å². The first-order valence-corrected chi connectivity index (χ1v) is 11.2. The summed E-state index contributed by atoms with van der Waals surface area (Å²) in [4.78, 5) is 8.24. The fourth-order valence-corrected chi connectivity index (χ4v) is 4.43. The van der Waals surface area contributed by atoms with Gasteiger partial charge in [0.15, 0.2) is 5.96 Å². The Morgan fingerprint density at radius 3 is 2.90 bits per heavy atom. The molecule has 1 aromatic rings. The van der Waals surface area contributed by atoms with Crippen LogP contribution in [0.3, 0.4) is 0 Å². The number of morpholine rings is 1. The fourth-order valence-electron chi connectivity index (χ4n) is 3.57. The number of hydrogen-bond acceptors (Lipinski definition) is 6. The number of hydrogen-bond donors (Lipinski definition) is 2. The Bertz CT molecular complexity index is 564. The smallest absolute Gasteiger partial charge is 0.191 e. The van der Waals surface area contributed by atoms with E-state index in [1.807, 2.05) is 18.4 Å². The van der Waals surface area contributed by atoms with Gasteiger partial charge in [-0.1, -0.05) is 6.07 Å². The molecular formula is C20H35IN4O3S. The van der Waals surface area contributed by atoms with Gasteiger partial charge in [-0.05, 0) is 30.7 Å². The van der Waals surface area contributed by atoms with E-state index in [1.165, 1.54) is 4.88 Å². The van der Waals surface area contributed by atoms with Gasteiger partial charge < -0.3 is 24.8 Å². The molecule has 7 nitrogen and oxygen atoms in total. The number of aliphatic imine (C=N–C) groups is 1. The number of nitrogens with zero attached hydrogens (tertiary/aromatic N) is 2. The Kier molecular flexibility index (Phi) is 12.4. The van der Waals surface area contributed by atoms with E-state index in [4.69, 9.17) is 14.2 Å². The van der Waals surface area contributed by atoms with Gasteiger partial charge in [-0.3, -0.25) is 9.89 Å². The van der Waals surface area contributed by atoms with Gasteiger partial charge in [0, 0.05) is 51.3 Å².